The van der Waals surface area contributed by atoms with E-state index in [1.165, 1.54) is 40.0 Å². The smallest absolute Gasteiger partial charge is 0.280 e. The summed E-state index contributed by atoms with van der Waals surface area (Å²) < 4.78 is 43.8. The zero-order valence-corrected chi connectivity index (χ0v) is 36.4. The summed E-state index contributed by atoms with van der Waals surface area (Å²) in [5.74, 6) is 4.12. The van der Waals surface area contributed by atoms with E-state index in [4.69, 9.17) is 32.2 Å². The molecule has 6 atom stereocenters. The third-order valence-corrected chi connectivity index (χ3v) is 13.1. The van der Waals surface area contributed by atoms with Crippen molar-refractivity contribution in [3.8, 4) is 0 Å². The molecule has 8 aromatic rings. The molecule has 4 fully saturated rings. The van der Waals surface area contributed by atoms with E-state index < -0.39 is 11.6 Å². The van der Waals surface area contributed by atoms with E-state index in [0.29, 0.717) is 74.0 Å². The van der Waals surface area contributed by atoms with E-state index in [1.807, 2.05) is 6.07 Å². The van der Waals surface area contributed by atoms with Gasteiger partial charge in [0.2, 0.25) is 11.8 Å². The number of hydrogen-bond acceptors (Lipinski definition) is 14. The van der Waals surface area contributed by atoms with Crippen LogP contribution >= 0.6 is 39.1 Å². The van der Waals surface area contributed by atoms with Gasteiger partial charge in [0, 0.05) is 49.2 Å². The number of anilines is 1. The van der Waals surface area contributed by atoms with Gasteiger partial charge in [0.25, 0.3) is 11.1 Å². The molecule has 23 heteroatoms. The maximum atomic E-state index is 13.8. The molecule has 2 saturated carbocycles. The first-order valence-corrected chi connectivity index (χ1v) is 21.4. The van der Waals surface area contributed by atoms with Crippen molar-refractivity contribution >= 4 is 67.1 Å². The minimum Gasteiger partial charge on any atom is -0.371 e. The van der Waals surface area contributed by atoms with Crippen LogP contribution in [0, 0.1) is 35.3 Å². The molecule has 18 nitrogen and oxygen atoms in total. The lowest BCUT2D eigenvalue weighted by Crippen LogP contribution is -2.24. The molecule has 0 spiro atoms. The van der Waals surface area contributed by atoms with Crippen LogP contribution in [0.15, 0.2) is 84.8 Å². The van der Waals surface area contributed by atoms with Gasteiger partial charge in [-0.1, -0.05) is 49.4 Å². The summed E-state index contributed by atoms with van der Waals surface area (Å²) in [6.45, 7) is 4.04. The average molecular weight is 965 g/mol. The lowest BCUT2D eigenvalue weighted by Gasteiger charge is -2.21. The van der Waals surface area contributed by atoms with Crippen LogP contribution in [0.3, 0.4) is 0 Å². The summed E-state index contributed by atoms with van der Waals surface area (Å²) >= 11 is 14.3. The van der Waals surface area contributed by atoms with Gasteiger partial charge in [0.15, 0.2) is 34.0 Å². The largest absolute Gasteiger partial charge is 0.371 e. The maximum absolute atomic E-state index is 13.8. The van der Waals surface area contributed by atoms with Crippen LogP contribution < -0.4 is 21.3 Å². The Hall–Kier alpha value is -5.90. The molecule has 2 aromatic carbocycles. The van der Waals surface area contributed by atoms with E-state index in [1.54, 1.807) is 48.0 Å². The highest BCUT2D eigenvalue weighted by Crippen LogP contribution is 2.58. The third-order valence-electron chi connectivity index (χ3n) is 12.0. The van der Waals surface area contributed by atoms with Crippen molar-refractivity contribution in [1.29, 1.82) is 0 Å². The highest BCUT2D eigenvalue weighted by atomic mass is 79.9. The van der Waals surface area contributed by atoms with Crippen LogP contribution in [0.4, 0.5) is 14.5 Å². The van der Waals surface area contributed by atoms with Gasteiger partial charge in [-0.15, -0.1) is 0 Å². The average Bonchev–Trinajstić information content (AvgIpc) is 3.83. The van der Waals surface area contributed by atoms with E-state index in [2.05, 4.69) is 66.4 Å². The SMILES string of the molecule is Cn1cnc2ncn(Cc3nc(C4[C@H]5CN(c6ccc(Cl)c(F)c6)C[C@@H]45)no3)c(=O)c21.Cn1cnc2ncn(Cc3nc(C4[C@H]5CNC[C@@H]45)no3)c(=O)c21.Fc1cc(Br)ccc1Cl. The predicted molar refractivity (Wildman–Crippen MR) is 227 cm³/mol. The first kappa shape index (κ1) is 41.1. The van der Waals surface area contributed by atoms with Crippen molar-refractivity contribution in [1.82, 2.24) is 63.8 Å². The summed E-state index contributed by atoms with van der Waals surface area (Å²) in [4.78, 5) is 52.9. The van der Waals surface area contributed by atoms with Gasteiger partial charge >= 0.3 is 0 Å². The molecular weight excluding hydrogens is 929 g/mol. The number of fused-ring (bicyclic) bond motifs is 4. The first-order chi connectivity index (χ1) is 30.4. The fraction of sp³-hybridized carbons (Fsp3) is 0.350. The van der Waals surface area contributed by atoms with Crippen molar-refractivity contribution in [2.24, 2.45) is 37.8 Å². The van der Waals surface area contributed by atoms with Crippen molar-refractivity contribution in [2.45, 2.75) is 24.9 Å². The minimum absolute atomic E-state index is 0.127. The van der Waals surface area contributed by atoms with Crippen molar-refractivity contribution in [2.75, 3.05) is 31.1 Å². The molecule has 0 amide bonds. The van der Waals surface area contributed by atoms with Crippen LogP contribution in [0.5, 0.6) is 0 Å². The van der Waals surface area contributed by atoms with Crippen molar-refractivity contribution < 1.29 is 17.8 Å². The van der Waals surface area contributed by atoms with E-state index in [0.717, 1.165) is 37.7 Å². The highest BCUT2D eigenvalue weighted by Gasteiger charge is 2.59. The first-order valence-electron chi connectivity index (χ1n) is 19.8. The monoisotopic (exact) mass is 962 g/mol. The lowest BCUT2D eigenvalue weighted by molar-refractivity contribution is 0.363. The van der Waals surface area contributed by atoms with Gasteiger partial charge in [0.1, 0.15) is 37.4 Å². The molecule has 63 heavy (non-hydrogen) atoms. The highest BCUT2D eigenvalue weighted by molar-refractivity contribution is 9.10. The van der Waals surface area contributed by atoms with Crippen LogP contribution in [0.1, 0.15) is 35.3 Å². The standard InChI is InChI=1S/C20H17ClFN7O2.C14H15N7O2.C6H3BrClF/c1-27-8-23-19-17(27)20(30)29(9-24-19)7-15-25-18(26-31-15)16-11-5-28(6-12(11)16)10-2-3-13(21)14(22)4-10;1-20-5-16-13-11(20)14(22)21(6-17-13)4-9-18-12(19-23-9)10-7-2-15-3-8(7)10;7-4-1-2-5(8)6(9)3-4/h2-4,8-9,11-12,16H,5-7H2,1H3;5-8,10,15H,2-4H2,1H3;1-3H/t11-,12+,16?;7-,8+,10?;. The number of imidazole rings is 2. The topological polar surface area (TPSA) is 199 Å². The molecule has 2 aliphatic carbocycles. The summed E-state index contributed by atoms with van der Waals surface area (Å²) in [7, 11) is 3.52. The van der Waals surface area contributed by atoms with Gasteiger partial charge in [-0.3, -0.25) is 18.7 Å². The normalized spacial score (nSPS) is 21.8. The molecule has 2 aliphatic heterocycles. The Bertz CT molecular complexity index is 3130. The predicted octanol–water partition coefficient (Wildman–Crippen LogP) is 4.94. The molecule has 8 heterocycles. The molecule has 4 aliphatic rings. The van der Waals surface area contributed by atoms with Crippen LogP contribution in [-0.4, -0.2) is 84.7 Å². The molecule has 0 radical (unpaired) electrons. The van der Waals surface area contributed by atoms with Gasteiger partial charge in [-0.25, -0.2) is 28.7 Å². The van der Waals surface area contributed by atoms with Crippen molar-refractivity contribution in [3.05, 3.63) is 132 Å². The Balaban J connectivity index is 0.000000129. The van der Waals surface area contributed by atoms with E-state index in [-0.39, 0.29) is 40.2 Å². The quantitative estimate of drug-likeness (QED) is 0.211. The van der Waals surface area contributed by atoms with Gasteiger partial charge in [-0.05, 0) is 73.2 Å². The molecule has 1 N–H and O–H groups in total. The molecule has 324 valence electrons. The number of aromatic nitrogens is 12. The molecule has 2 unspecified atom stereocenters. The van der Waals surface area contributed by atoms with Crippen LogP contribution in [0.2, 0.25) is 10.0 Å². The van der Waals surface area contributed by atoms with E-state index in [9.17, 15) is 18.4 Å². The second-order valence-electron chi connectivity index (χ2n) is 15.9. The number of aryl methyl sites for hydroxylation is 2. The summed E-state index contributed by atoms with van der Waals surface area (Å²) in [6.07, 6.45) is 6.05. The minimum atomic E-state index is -0.409. The number of rotatable bonds is 7. The Labute approximate surface area is 373 Å². The van der Waals surface area contributed by atoms with Gasteiger partial charge < -0.3 is 28.4 Å². The zero-order chi connectivity index (χ0) is 43.7. The zero-order valence-electron chi connectivity index (χ0n) is 33.3. The number of hydrogen-bond donors (Lipinski definition) is 1. The molecule has 2 saturated heterocycles. The number of halogens is 5. The fourth-order valence-electron chi connectivity index (χ4n) is 8.67. The summed E-state index contributed by atoms with van der Waals surface area (Å²) in [5, 5.41) is 11.9. The fourth-order valence-corrected chi connectivity index (χ4v) is 9.24. The van der Waals surface area contributed by atoms with Crippen molar-refractivity contribution in [3.63, 3.8) is 0 Å². The Kier molecular flexibility index (Phi) is 10.7. The number of benzene rings is 2. The Morgan fingerprint density at radius 3 is 1.67 bits per heavy atom. The Morgan fingerprint density at radius 1 is 0.698 bits per heavy atom. The lowest BCUT2D eigenvalue weighted by atomic mass is 10.2. The maximum Gasteiger partial charge on any atom is 0.280 e. The van der Waals surface area contributed by atoms with Gasteiger partial charge in [-0.2, -0.15) is 9.97 Å². The molecule has 0 bridgehead atoms. The van der Waals surface area contributed by atoms with Crippen LogP contribution in [-0.2, 0) is 27.2 Å². The van der Waals surface area contributed by atoms with E-state index >= 15 is 0 Å². The number of nitrogens with one attached hydrogen (secondary N) is 1. The second-order valence-corrected chi connectivity index (χ2v) is 17.7. The third kappa shape index (κ3) is 7.91. The number of nitrogens with zero attached hydrogens (tertiary/aromatic N) is 13. The summed E-state index contributed by atoms with van der Waals surface area (Å²) in [5.41, 5.74) is 2.21. The second kappa shape index (κ2) is 16.3. The number of piperidine rings is 2. The van der Waals surface area contributed by atoms with Gasteiger partial charge in [0.05, 0.1) is 22.7 Å². The molecular formula is C40H35BrCl2F2N14O4. The molecule has 6 aromatic heterocycles. The van der Waals surface area contributed by atoms with Crippen LogP contribution in [0.25, 0.3) is 22.3 Å². The Morgan fingerprint density at radius 2 is 1.17 bits per heavy atom. The molecule has 12 rings (SSSR count). The summed E-state index contributed by atoms with van der Waals surface area (Å²) in [6, 6.07) is 9.40.